The number of furan rings is 1. The van der Waals surface area contributed by atoms with Crippen molar-refractivity contribution in [2.24, 2.45) is 0 Å². The molecule has 4 nitrogen and oxygen atoms in total. The van der Waals surface area contributed by atoms with Crippen molar-refractivity contribution in [1.82, 2.24) is 0 Å². The SMILES string of the molecule is Cc1ccc(-c2ccc(C(=O)N3CCc4ccccc43)o2)c(N)c1. The van der Waals surface area contributed by atoms with Crippen molar-refractivity contribution in [3.05, 3.63) is 71.5 Å². The van der Waals surface area contributed by atoms with E-state index in [1.807, 2.05) is 43.3 Å². The van der Waals surface area contributed by atoms with Crippen LogP contribution in [0, 0.1) is 6.92 Å². The van der Waals surface area contributed by atoms with E-state index >= 15 is 0 Å². The van der Waals surface area contributed by atoms with E-state index in [4.69, 9.17) is 10.2 Å². The molecule has 1 aromatic heterocycles. The number of rotatable bonds is 2. The van der Waals surface area contributed by atoms with E-state index in [9.17, 15) is 4.79 Å². The first-order valence-electron chi connectivity index (χ1n) is 7.99. The average Bonchev–Trinajstić information content (AvgIpc) is 3.21. The summed E-state index contributed by atoms with van der Waals surface area (Å²) in [6, 6.07) is 17.3. The van der Waals surface area contributed by atoms with E-state index in [1.54, 1.807) is 17.0 Å². The number of para-hydroxylation sites is 1. The molecule has 1 amide bonds. The Labute approximate surface area is 140 Å². The molecule has 1 aliphatic rings. The van der Waals surface area contributed by atoms with Crippen molar-refractivity contribution >= 4 is 17.3 Å². The number of hydrogen-bond donors (Lipinski definition) is 1. The van der Waals surface area contributed by atoms with Crippen molar-refractivity contribution in [1.29, 1.82) is 0 Å². The number of nitrogens with two attached hydrogens (primary N) is 1. The molecule has 0 radical (unpaired) electrons. The Morgan fingerprint density at radius 2 is 1.96 bits per heavy atom. The predicted molar refractivity (Wildman–Crippen MR) is 95.1 cm³/mol. The maximum absolute atomic E-state index is 12.8. The zero-order valence-corrected chi connectivity index (χ0v) is 13.5. The molecule has 4 heteroatoms. The maximum Gasteiger partial charge on any atom is 0.294 e. The van der Waals surface area contributed by atoms with Crippen LogP contribution in [0.3, 0.4) is 0 Å². The van der Waals surface area contributed by atoms with Crippen LogP contribution in [0.4, 0.5) is 11.4 Å². The van der Waals surface area contributed by atoms with E-state index in [2.05, 4.69) is 6.07 Å². The minimum atomic E-state index is -0.114. The Morgan fingerprint density at radius 1 is 1.12 bits per heavy atom. The van der Waals surface area contributed by atoms with Crippen molar-refractivity contribution in [3.8, 4) is 11.3 Å². The monoisotopic (exact) mass is 318 g/mol. The lowest BCUT2D eigenvalue weighted by Gasteiger charge is -2.15. The van der Waals surface area contributed by atoms with Gasteiger partial charge in [-0.15, -0.1) is 0 Å². The summed E-state index contributed by atoms with van der Waals surface area (Å²) in [4.78, 5) is 14.6. The van der Waals surface area contributed by atoms with Crippen LogP contribution >= 0.6 is 0 Å². The van der Waals surface area contributed by atoms with Gasteiger partial charge in [0.25, 0.3) is 5.91 Å². The Morgan fingerprint density at radius 3 is 2.79 bits per heavy atom. The molecule has 0 unspecified atom stereocenters. The van der Waals surface area contributed by atoms with Gasteiger partial charge < -0.3 is 15.1 Å². The van der Waals surface area contributed by atoms with Crippen LogP contribution in [0.1, 0.15) is 21.7 Å². The molecule has 3 aromatic rings. The van der Waals surface area contributed by atoms with Gasteiger partial charge >= 0.3 is 0 Å². The Bertz CT molecular complexity index is 927. The number of hydrogen-bond acceptors (Lipinski definition) is 3. The van der Waals surface area contributed by atoms with Gasteiger partial charge in [0, 0.05) is 23.5 Å². The first kappa shape index (κ1) is 14.6. The first-order valence-corrected chi connectivity index (χ1v) is 7.99. The summed E-state index contributed by atoms with van der Waals surface area (Å²) < 4.78 is 5.81. The molecule has 0 saturated carbocycles. The third-order valence-electron chi connectivity index (χ3n) is 4.42. The van der Waals surface area contributed by atoms with Crippen molar-refractivity contribution in [3.63, 3.8) is 0 Å². The standard InChI is InChI=1S/C20H18N2O2/c1-13-6-7-15(16(21)12-13)18-8-9-19(24-18)20(23)22-11-10-14-4-2-3-5-17(14)22/h2-9,12H,10-11,21H2,1H3. The lowest BCUT2D eigenvalue weighted by Crippen LogP contribution is -2.28. The lowest BCUT2D eigenvalue weighted by atomic mass is 10.1. The zero-order valence-electron chi connectivity index (χ0n) is 13.5. The third-order valence-corrected chi connectivity index (χ3v) is 4.42. The van der Waals surface area contributed by atoms with Crippen molar-refractivity contribution in [2.75, 3.05) is 17.2 Å². The molecule has 4 rings (SSSR count). The largest absolute Gasteiger partial charge is 0.451 e. The van der Waals surface area contributed by atoms with E-state index < -0.39 is 0 Å². The molecule has 0 saturated heterocycles. The van der Waals surface area contributed by atoms with Gasteiger partial charge in [-0.1, -0.05) is 24.3 Å². The molecule has 2 heterocycles. The summed E-state index contributed by atoms with van der Waals surface area (Å²) in [6.07, 6.45) is 0.875. The van der Waals surface area contributed by atoms with E-state index in [0.717, 1.165) is 23.2 Å². The lowest BCUT2D eigenvalue weighted by molar-refractivity contribution is 0.0963. The van der Waals surface area contributed by atoms with Gasteiger partial charge in [-0.2, -0.15) is 0 Å². The second-order valence-electron chi connectivity index (χ2n) is 6.09. The molecule has 0 fully saturated rings. The van der Waals surface area contributed by atoms with Gasteiger partial charge in [0.15, 0.2) is 5.76 Å². The number of nitrogens with zero attached hydrogens (tertiary/aromatic N) is 1. The molecule has 0 aliphatic carbocycles. The molecule has 0 spiro atoms. The number of anilines is 2. The highest BCUT2D eigenvalue weighted by Gasteiger charge is 2.27. The van der Waals surface area contributed by atoms with Crippen molar-refractivity contribution < 1.29 is 9.21 Å². The van der Waals surface area contributed by atoms with Gasteiger partial charge in [0.1, 0.15) is 5.76 Å². The molecule has 120 valence electrons. The van der Waals surface area contributed by atoms with Crippen molar-refractivity contribution in [2.45, 2.75) is 13.3 Å². The van der Waals surface area contributed by atoms with Gasteiger partial charge in [0.2, 0.25) is 0 Å². The number of carbonyl (C=O) groups excluding carboxylic acids is 1. The molecular formula is C20H18N2O2. The predicted octanol–water partition coefficient (Wildman–Crippen LogP) is 4.04. The molecular weight excluding hydrogens is 300 g/mol. The summed E-state index contributed by atoms with van der Waals surface area (Å²) in [5, 5.41) is 0. The number of fused-ring (bicyclic) bond motifs is 1. The molecule has 0 bridgehead atoms. The smallest absolute Gasteiger partial charge is 0.294 e. The number of aryl methyl sites for hydroxylation is 1. The quantitative estimate of drug-likeness (QED) is 0.725. The van der Waals surface area contributed by atoms with Crippen LogP contribution in [0.25, 0.3) is 11.3 Å². The van der Waals surface area contributed by atoms with Gasteiger partial charge in [-0.25, -0.2) is 0 Å². The van der Waals surface area contributed by atoms with Gasteiger partial charge in [0.05, 0.1) is 0 Å². The number of benzene rings is 2. The normalized spacial score (nSPS) is 13.1. The fraction of sp³-hybridized carbons (Fsp3) is 0.150. The summed E-state index contributed by atoms with van der Waals surface area (Å²) >= 11 is 0. The molecule has 2 aromatic carbocycles. The van der Waals surface area contributed by atoms with Crippen LogP contribution in [0.15, 0.2) is 59.0 Å². The minimum Gasteiger partial charge on any atom is -0.451 e. The second-order valence-corrected chi connectivity index (χ2v) is 6.09. The second kappa shape index (κ2) is 5.57. The highest BCUT2D eigenvalue weighted by atomic mass is 16.4. The van der Waals surface area contributed by atoms with Crippen LogP contribution in [-0.4, -0.2) is 12.5 Å². The van der Waals surface area contributed by atoms with Gasteiger partial charge in [-0.3, -0.25) is 4.79 Å². The fourth-order valence-electron chi connectivity index (χ4n) is 3.19. The van der Waals surface area contributed by atoms with Crippen LogP contribution in [-0.2, 0) is 6.42 Å². The van der Waals surface area contributed by atoms with E-state index in [1.165, 1.54) is 5.56 Å². The highest BCUT2D eigenvalue weighted by Crippen LogP contribution is 2.32. The maximum atomic E-state index is 12.8. The number of carbonyl (C=O) groups is 1. The van der Waals surface area contributed by atoms with Crippen LogP contribution < -0.4 is 10.6 Å². The summed E-state index contributed by atoms with van der Waals surface area (Å²) in [7, 11) is 0. The van der Waals surface area contributed by atoms with Crippen LogP contribution in [0.5, 0.6) is 0 Å². The Kier molecular flexibility index (Phi) is 3.38. The number of nitrogen functional groups attached to an aromatic ring is 1. The van der Waals surface area contributed by atoms with Gasteiger partial charge in [-0.05, 0) is 54.8 Å². The molecule has 0 atom stereocenters. The molecule has 24 heavy (non-hydrogen) atoms. The van der Waals surface area contributed by atoms with Crippen LogP contribution in [0.2, 0.25) is 0 Å². The zero-order chi connectivity index (χ0) is 16.7. The topological polar surface area (TPSA) is 59.5 Å². The fourth-order valence-corrected chi connectivity index (χ4v) is 3.19. The number of amides is 1. The minimum absolute atomic E-state index is 0.114. The van der Waals surface area contributed by atoms with E-state index in [0.29, 0.717) is 23.8 Å². The highest BCUT2D eigenvalue weighted by molar-refractivity contribution is 6.05. The first-order chi connectivity index (χ1) is 11.6. The third kappa shape index (κ3) is 2.36. The average molecular weight is 318 g/mol. The summed E-state index contributed by atoms with van der Waals surface area (Å²) in [5.41, 5.74) is 10.8. The van der Waals surface area contributed by atoms with E-state index in [-0.39, 0.29) is 5.91 Å². The Balaban J connectivity index is 1.65. The molecule has 1 aliphatic heterocycles. The molecule has 2 N–H and O–H groups in total. The summed E-state index contributed by atoms with van der Waals surface area (Å²) in [5.74, 6) is 0.835. The summed E-state index contributed by atoms with van der Waals surface area (Å²) in [6.45, 7) is 2.67. The Hall–Kier alpha value is -3.01.